The van der Waals surface area contributed by atoms with Crippen LogP contribution in [-0.2, 0) is 4.79 Å². The van der Waals surface area contributed by atoms with E-state index in [9.17, 15) is 4.79 Å². The molecule has 1 saturated heterocycles. The summed E-state index contributed by atoms with van der Waals surface area (Å²) in [6.45, 7) is 6.36. The highest BCUT2D eigenvalue weighted by Gasteiger charge is 2.23. The molecule has 11 nitrogen and oxygen atoms in total. The highest BCUT2D eigenvalue weighted by molar-refractivity contribution is 5.88. The Hall–Kier alpha value is -5.13. The molecular weight excluding hydrogens is 515 g/mol. The molecule has 1 aliphatic rings. The Morgan fingerprint density at radius 3 is 2.80 bits per heavy atom. The van der Waals surface area contributed by atoms with Crippen LogP contribution in [0.5, 0.6) is 17.4 Å². The van der Waals surface area contributed by atoms with Gasteiger partial charge in [0.15, 0.2) is 17.3 Å². The van der Waals surface area contributed by atoms with Gasteiger partial charge in [0.25, 0.3) is 0 Å². The van der Waals surface area contributed by atoms with Gasteiger partial charge in [-0.2, -0.15) is 5.10 Å². The van der Waals surface area contributed by atoms with Gasteiger partial charge in [0, 0.05) is 49.8 Å². The molecule has 202 valence electrons. The summed E-state index contributed by atoms with van der Waals surface area (Å²) in [5.74, 6) is 1.07. The number of carbonyl (C=O) groups is 1. The second-order valence-electron chi connectivity index (χ2n) is 9.29. The van der Waals surface area contributed by atoms with Crippen molar-refractivity contribution in [3.63, 3.8) is 0 Å². The average Bonchev–Trinajstić information content (AvgIpc) is 3.45. The molecule has 0 atom stereocenters. The number of anilines is 2. The van der Waals surface area contributed by atoms with Crippen molar-refractivity contribution in [2.45, 2.75) is 25.9 Å². The fourth-order valence-corrected chi connectivity index (χ4v) is 4.56. The number of carbonyl (C=O) groups excluding carboxylic acids is 1. The minimum atomic E-state index is -0.485. The molecule has 0 spiro atoms. The summed E-state index contributed by atoms with van der Waals surface area (Å²) in [5.41, 5.74) is 2.18. The molecule has 1 amide bonds. The number of benzene rings is 1. The first-order chi connectivity index (χ1) is 19.5. The smallest absolute Gasteiger partial charge is 0.245 e. The first kappa shape index (κ1) is 25.2. The number of halogens is 1. The van der Waals surface area contributed by atoms with Gasteiger partial charge < -0.3 is 19.7 Å². The predicted molar refractivity (Wildman–Crippen MR) is 145 cm³/mol. The summed E-state index contributed by atoms with van der Waals surface area (Å²) in [6.07, 6.45) is 7.16. The fraction of sp³-hybridized carbons (Fsp3) is 0.214. The number of piperidine rings is 1. The summed E-state index contributed by atoms with van der Waals surface area (Å²) < 4.78 is 29.1. The Bertz CT molecular complexity index is 1730. The summed E-state index contributed by atoms with van der Waals surface area (Å²) in [5, 5.41) is 7.11. The Kier molecular flexibility index (Phi) is 6.64. The standard InChI is InChI=1S/C28H25FN8O3/c1-3-25(38)36-11-8-18(9-12-36)40-24-7-5-21-27(35-24)28(32-15-30-21)34-20-4-6-22(17(2)26(20)29)39-19-10-13-37-23(14-19)31-16-33-37/h3-7,10,13-16,18H,1,8-9,11-12H2,2H3,(H,30,32,34). The van der Waals surface area contributed by atoms with Crippen molar-refractivity contribution >= 4 is 34.1 Å². The Morgan fingerprint density at radius 2 is 1.98 bits per heavy atom. The minimum Gasteiger partial charge on any atom is -0.474 e. The van der Waals surface area contributed by atoms with E-state index in [0.717, 1.165) is 0 Å². The Labute approximate surface area is 228 Å². The molecule has 6 rings (SSSR count). The van der Waals surface area contributed by atoms with Crippen LogP contribution in [0.3, 0.4) is 0 Å². The summed E-state index contributed by atoms with van der Waals surface area (Å²) >= 11 is 0. The van der Waals surface area contributed by atoms with Gasteiger partial charge in [-0.15, -0.1) is 0 Å². The fourth-order valence-electron chi connectivity index (χ4n) is 4.56. The van der Waals surface area contributed by atoms with Crippen LogP contribution >= 0.6 is 0 Å². The number of likely N-dealkylation sites (tertiary alicyclic amines) is 1. The largest absolute Gasteiger partial charge is 0.474 e. The van der Waals surface area contributed by atoms with Gasteiger partial charge in [-0.1, -0.05) is 6.58 Å². The van der Waals surface area contributed by atoms with E-state index in [1.165, 1.54) is 18.7 Å². The third-order valence-electron chi connectivity index (χ3n) is 6.74. The van der Waals surface area contributed by atoms with Crippen LogP contribution in [-0.4, -0.2) is 59.6 Å². The zero-order chi connectivity index (χ0) is 27.6. The quantitative estimate of drug-likeness (QED) is 0.295. The molecule has 0 bridgehead atoms. The van der Waals surface area contributed by atoms with E-state index >= 15 is 4.39 Å². The molecule has 12 heteroatoms. The molecule has 1 fully saturated rings. The summed E-state index contributed by atoms with van der Waals surface area (Å²) in [4.78, 5) is 30.9. The lowest BCUT2D eigenvalue weighted by Crippen LogP contribution is -2.41. The highest BCUT2D eigenvalue weighted by atomic mass is 19.1. The number of ether oxygens (including phenoxy) is 2. The van der Waals surface area contributed by atoms with E-state index in [1.807, 2.05) is 0 Å². The van der Waals surface area contributed by atoms with Crippen LogP contribution in [0, 0.1) is 12.7 Å². The number of pyridine rings is 2. The lowest BCUT2D eigenvalue weighted by Gasteiger charge is -2.31. The molecule has 1 N–H and O–H groups in total. The molecule has 0 radical (unpaired) electrons. The van der Waals surface area contributed by atoms with Crippen molar-refractivity contribution in [2.75, 3.05) is 18.4 Å². The number of amides is 1. The maximum Gasteiger partial charge on any atom is 0.245 e. The van der Waals surface area contributed by atoms with E-state index in [4.69, 9.17) is 9.47 Å². The zero-order valence-electron chi connectivity index (χ0n) is 21.6. The monoisotopic (exact) mass is 540 g/mol. The maximum absolute atomic E-state index is 15.5. The average molecular weight is 541 g/mol. The lowest BCUT2D eigenvalue weighted by molar-refractivity contribution is -0.127. The van der Waals surface area contributed by atoms with Gasteiger partial charge >= 0.3 is 0 Å². The predicted octanol–water partition coefficient (Wildman–Crippen LogP) is 4.61. The van der Waals surface area contributed by atoms with Crippen molar-refractivity contribution in [3.8, 4) is 17.4 Å². The topological polar surface area (TPSA) is 120 Å². The zero-order valence-corrected chi connectivity index (χ0v) is 21.6. The molecule has 40 heavy (non-hydrogen) atoms. The second-order valence-corrected chi connectivity index (χ2v) is 9.29. The van der Waals surface area contributed by atoms with Crippen molar-refractivity contribution in [2.24, 2.45) is 0 Å². The van der Waals surface area contributed by atoms with Gasteiger partial charge in [-0.3, -0.25) is 4.79 Å². The number of nitrogens with one attached hydrogen (secondary N) is 1. The summed E-state index contributed by atoms with van der Waals surface area (Å²) in [7, 11) is 0. The molecule has 1 aliphatic heterocycles. The van der Waals surface area contributed by atoms with E-state index in [2.05, 4.69) is 36.9 Å². The van der Waals surface area contributed by atoms with E-state index in [1.54, 1.807) is 58.9 Å². The first-order valence-electron chi connectivity index (χ1n) is 12.7. The molecule has 1 aromatic carbocycles. The van der Waals surface area contributed by atoms with Crippen molar-refractivity contribution in [1.82, 2.24) is 34.4 Å². The number of hydrogen-bond acceptors (Lipinski definition) is 9. The van der Waals surface area contributed by atoms with Crippen LogP contribution in [0.1, 0.15) is 18.4 Å². The van der Waals surface area contributed by atoms with Crippen molar-refractivity contribution in [3.05, 3.63) is 79.3 Å². The number of rotatable bonds is 7. The van der Waals surface area contributed by atoms with Crippen LogP contribution in [0.15, 0.2) is 67.9 Å². The molecule has 0 saturated carbocycles. The number of fused-ring (bicyclic) bond motifs is 2. The van der Waals surface area contributed by atoms with Gasteiger partial charge in [-0.25, -0.2) is 28.8 Å². The second kappa shape index (κ2) is 10.6. The van der Waals surface area contributed by atoms with E-state index in [0.29, 0.717) is 71.4 Å². The number of aromatic nitrogens is 6. The molecule has 5 heterocycles. The third-order valence-corrected chi connectivity index (χ3v) is 6.74. The number of hydrogen-bond donors (Lipinski definition) is 1. The third kappa shape index (κ3) is 4.98. The molecule has 0 unspecified atom stereocenters. The van der Waals surface area contributed by atoms with E-state index < -0.39 is 5.82 Å². The molecular formula is C28H25FN8O3. The minimum absolute atomic E-state index is 0.0782. The molecule has 4 aromatic heterocycles. The maximum atomic E-state index is 15.5. The Balaban J connectivity index is 1.20. The van der Waals surface area contributed by atoms with Gasteiger partial charge in [0.1, 0.15) is 35.8 Å². The van der Waals surface area contributed by atoms with Gasteiger partial charge in [0.05, 0.1) is 11.2 Å². The van der Waals surface area contributed by atoms with Crippen LogP contribution in [0.2, 0.25) is 0 Å². The normalized spacial score (nSPS) is 13.9. The van der Waals surface area contributed by atoms with Crippen LogP contribution < -0.4 is 14.8 Å². The number of nitrogens with zero attached hydrogens (tertiary/aromatic N) is 7. The van der Waals surface area contributed by atoms with Crippen LogP contribution in [0.25, 0.3) is 16.7 Å². The SMILES string of the molecule is C=CC(=O)N1CCC(Oc2ccc3ncnc(Nc4ccc(Oc5ccn6ncnc6c5)c(C)c4F)c3n2)CC1. The van der Waals surface area contributed by atoms with Gasteiger partial charge in [0.2, 0.25) is 11.8 Å². The van der Waals surface area contributed by atoms with E-state index in [-0.39, 0.29) is 17.7 Å². The van der Waals surface area contributed by atoms with Crippen molar-refractivity contribution < 1.29 is 18.7 Å². The molecule has 0 aliphatic carbocycles. The van der Waals surface area contributed by atoms with Gasteiger partial charge in [-0.05, 0) is 37.3 Å². The highest BCUT2D eigenvalue weighted by Crippen LogP contribution is 2.33. The Morgan fingerprint density at radius 1 is 1.12 bits per heavy atom. The molecule has 5 aromatic rings. The van der Waals surface area contributed by atoms with Crippen LogP contribution in [0.4, 0.5) is 15.9 Å². The van der Waals surface area contributed by atoms with Crippen molar-refractivity contribution in [1.29, 1.82) is 0 Å². The summed E-state index contributed by atoms with van der Waals surface area (Å²) in [6, 6.07) is 10.2. The lowest BCUT2D eigenvalue weighted by atomic mass is 10.1. The first-order valence-corrected chi connectivity index (χ1v) is 12.7.